The smallest absolute Gasteiger partial charge is 0.382 e. The molecule has 0 amide bonds. The summed E-state index contributed by atoms with van der Waals surface area (Å²) in [5, 5.41) is 0. The van der Waals surface area contributed by atoms with Crippen LogP contribution < -0.4 is 21.7 Å². The summed E-state index contributed by atoms with van der Waals surface area (Å²) in [5.41, 5.74) is 11.9. The van der Waals surface area contributed by atoms with Crippen molar-refractivity contribution in [1.82, 2.24) is 43.8 Å². The first-order chi connectivity index (χ1) is 20.4. The summed E-state index contributed by atoms with van der Waals surface area (Å²) in [5.74, 6) is 0.0383. The number of anilines is 2. The molecule has 21 nitrogen and oxygen atoms in total. The Balaban J connectivity index is 1.12. The normalized spacial score (nSPS) is 26.0. The van der Waals surface area contributed by atoms with Crippen molar-refractivity contribution >= 4 is 52.2 Å². The minimum atomic E-state index is -4.75. The fourth-order valence-electron chi connectivity index (χ4n) is 4.98. The molecule has 0 aliphatic carbocycles. The molecule has 1 unspecified atom stereocenters. The molecule has 43 heavy (non-hydrogen) atoms. The van der Waals surface area contributed by atoms with Gasteiger partial charge in [-0.05, 0) is 12.8 Å². The molecule has 0 spiro atoms. The Kier molecular flexibility index (Phi) is 7.64. The number of hydrogen-bond donors (Lipinski definition) is 6. The van der Waals surface area contributed by atoms with Crippen molar-refractivity contribution in [2.75, 3.05) is 24.6 Å². The minimum Gasteiger partial charge on any atom is -0.382 e. The van der Waals surface area contributed by atoms with E-state index in [1.165, 1.54) is 28.1 Å². The average molecular weight is 644 g/mol. The number of fused-ring (bicyclic) bond motifs is 2. The highest BCUT2D eigenvalue weighted by atomic mass is 32.2. The van der Waals surface area contributed by atoms with E-state index in [0.717, 1.165) is 0 Å². The zero-order chi connectivity index (χ0) is 30.5. The first kappa shape index (κ1) is 29.5. The van der Waals surface area contributed by atoms with Gasteiger partial charge in [0.05, 0.1) is 25.4 Å². The standard InChI is InChI=1S/C20H26N11O10PS/c21-16-14-17(24-6-23-16)31(7-25-14)13-3-10(11(40-13)4-27-43(35,36)37)41-42(33,34)38-5-9-1-2-12(39-9)30-8-26-15-18(30)28-20(22)29-19(15)32/h6-13,27H,1-5H2,(H,33,34)(H2,21,23,24)(H,35,36,37)(H3,22,28,29,32)/t9-,10-,11+,12+,13+/m0/s1. The van der Waals surface area contributed by atoms with E-state index >= 15 is 0 Å². The van der Waals surface area contributed by atoms with Crippen LogP contribution in [0.15, 0.2) is 23.8 Å². The highest BCUT2D eigenvalue weighted by molar-refractivity contribution is 7.83. The molecule has 4 aromatic rings. The highest BCUT2D eigenvalue weighted by Gasteiger charge is 2.43. The molecule has 2 aliphatic rings. The lowest BCUT2D eigenvalue weighted by Gasteiger charge is -2.22. The van der Waals surface area contributed by atoms with Gasteiger partial charge in [-0.3, -0.25) is 32.5 Å². The van der Waals surface area contributed by atoms with Crippen LogP contribution in [-0.4, -0.2) is 88.4 Å². The first-order valence-electron chi connectivity index (χ1n) is 12.7. The highest BCUT2D eigenvalue weighted by Crippen LogP contribution is 2.49. The summed E-state index contributed by atoms with van der Waals surface area (Å²) in [6, 6.07) is 0. The van der Waals surface area contributed by atoms with Gasteiger partial charge in [-0.25, -0.2) is 24.5 Å². The van der Waals surface area contributed by atoms with Gasteiger partial charge in [0.25, 0.3) is 5.56 Å². The van der Waals surface area contributed by atoms with E-state index in [0.29, 0.717) is 24.0 Å². The van der Waals surface area contributed by atoms with Crippen molar-refractivity contribution in [3.8, 4) is 0 Å². The molecule has 6 heterocycles. The molecule has 0 saturated carbocycles. The maximum Gasteiger partial charge on any atom is 0.472 e. The number of nitrogens with zero attached hydrogens (tertiary/aromatic N) is 7. The van der Waals surface area contributed by atoms with Gasteiger partial charge in [-0.2, -0.15) is 18.1 Å². The Hall–Kier alpha value is -3.60. The molecular weight excluding hydrogens is 617 g/mol. The quantitative estimate of drug-likeness (QED) is 0.0890. The van der Waals surface area contributed by atoms with Gasteiger partial charge >= 0.3 is 18.1 Å². The van der Waals surface area contributed by atoms with Crippen molar-refractivity contribution in [3.05, 3.63) is 29.3 Å². The van der Waals surface area contributed by atoms with E-state index in [-0.39, 0.29) is 36.0 Å². The number of nitrogen functional groups attached to an aromatic ring is 2. The number of nitrogens with one attached hydrogen (secondary N) is 2. The van der Waals surface area contributed by atoms with E-state index in [1.807, 2.05) is 4.72 Å². The molecule has 0 radical (unpaired) electrons. The Bertz CT molecular complexity index is 1880. The number of aromatic amines is 1. The Labute approximate surface area is 241 Å². The summed E-state index contributed by atoms with van der Waals surface area (Å²) in [7, 11) is -9.36. The van der Waals surface area contributed by atoms with Gasteiger partial charge in [0, 0.05) is 13.0 Å². The molecule has 6 rings (SSSR count). The number of H-pyrrole nitrogens is 1. The van der Waals surface area contributed by atoms with Gasteiger partial charge < -0.3 is 25.8 Å². The molecule has 0 aromatic carbocycles. The van der Waals surface area contributed by atoms with E-state index < -0.39 is 61.0 Å². The van der Waals surface area contributed by atoms with E-state index in [9.17, 15) is 22.7 Å². The molecular formula is C20H26N11O10PS. The predicted octanol–water partition coefficient (Wildman–Crippen LogP) is -1.02. The minimum absolute atomic E-state index is 0.0495. The molecule has 23 heteroatoms. The number of phosphoric acid groups is 1. The zero-order valence-corrected chi connectivity index (χ0v) is 23.7. The number of nitrogens with two attached hydrogens (primary N) is 2. The van der Waals surface area contributed by atoms with Gasteiger partial charge in [-0.1, -0.05) is 0 Å². The summed E-state index contributed by atoms with van der Waals surface area (Å²) >= 11 is 0. The molecule has 8 N–H and O–H groups in total. The van der Waals surface area contributed by atoms with Crippen LogP contribution in [0.1, 0.15) is 31.7 Å². The lowest BCUT2D eigenvalue weighted by atomic mass is 10.2. The third kappa shape index (κ3) is 6.23. The van der Waals surface area contributed by atoms with Crippen LogP contribution in [0.4, 0.5) is 11.8 Å². The monoisotopic (exact) mass is 643 g/mol. The van der Waals surface area contributed by atoms with Crippen molar-refractivity contribution in [2.24, 2.45) is 0 Å². The van der Waals surface area contributed by atoms with Crippen LogP contribution in [0.5, 0.6) is 0 Å². The number of ether oxygens (including phenoxy) is 2. The zero-order valence-electron chi connectivity index (χ0n) is 22.0. The fourth-order valence-corrected chi connectivity index (χ4v) is 6.33. The van der Waals surface area contributed by atoms with Crippen LogP contribution in [-0.2, 0) is 33.4 Å². The summed E-state index contributed by atoms with van der Waals surface area (Å²) in [6.45, 7) is -0.822. The Morgan fingerprint density at radius 3 is 2.60 bits per heavy atom. The lowest BCUT2D eigenvalue weighted by Crippen LogP contribution is -2.37. The molecule has 232 valence electrons. The van der Waals surface area contributed by atoms with Gasteiger partial charge in [0.15, 0.2) is 22.6 Å². The van der Waals surface area contributed by atoms with E-state index in [4.69, 9.17) is 34.5 Å². The lowest BCUT2D eigenvalue weighted by molar-refractivity contribution is -0.0314. The van der Waals surface area contributed by atoms with Crippen LogP contribution in [0.2, 0.25) is 0 Å². The van der Waals surface area contributed by atoms with E-state index in [2.05, 4.69) is 29.9 Å². The second-order valence-corrected chi connectivity index (χ2v) is 12.4. The van der Waals surface area contributed by atoms with Crippen molar-refractivity contribution in [2.45, 2.75) is 50.0 Å². The first-order valence-corrected chi connectivity index (χ1v) is 15.6. The van der Waals surface area contributed by atoms with Gasteiger partial charge in [0.2, 0.25) is 5.95 Å². The number of hydrogen-bond acceptors (Lipinski definition) is 15. The Morgan fingerprint density at radius 2 is 1.84 bits per heavy atom. The van der Waals surface area contributed by atoms with Gasteiger partial charge in [0.1, 0.15) is 36.5 Å². The number of imidazole rings is 2. The maximum absolute atomic E-state index is 13.0. The fraction of sp³-hybridized carbons (Fsp3) is 0.500. The second-order valence-electron chi connectivity index (χ2n) is 9.74. The average Bonchev–Trinajstić information content (AvgIpc) is 3.71. The third-order valence-electron chi connectivity index (χ3n) is 6.88. The Morgan fingerprint density at radius 1 is 1.09 bits per heavy atom. The second kappa shape index (κ2) is 11.2. The van der Waals surface area contributed by atoms with Crippen molar-refractivity contribution in [3.63, 3.8) is 0 Å². The molecule has 2 saturated heterocycles. The number of aromatic nitrogens is 8. The van der Waals surface area contributed by atoms with E-state index in [1.54, 1.807) is 0 Å². The van der Waals surface area contributed by atoms with Crippen LogP contribution in [0.25, 0.3) is 22.3 Å². The molecule has 2 aliphatic heterocycles. The molecule has 0 bridgehead atoms. The van der Waals surface area contributed by atoms with Crippen LogP contribution >= 0.6 is 7.82 Å². The topological polar surface area (TPSA) is 300 Å². The molecule has 4 aromatic heterocycles. The number of phosphoric ester groups is 1. The third-order valence-corrected chi connectivity index (χ3v) is 8.43. The maximum atomic E-state index is 13.0. The summed E-state index contributed by atoms with van der Waals surface area (Å²) in [4.78, 5) is 45.3. The summed E-state index contributed by atoms with van der Waals surface area (Å²) < 4.78 is 72.1. The predicted molar refractivity (Wildman–Crippen MR) is 144 cm³/mol. The van der Waals surface area contributed by atoms with Crippen molar-refractivity contribution < 1.29 is 41.0 Å². The number of rotatable bonds is 10. The molecule has 6 atom stereocenters. The van der Waals surface area contributed by atoms with Crippen LogP contribution in [0, 0.1) is 0 Å². The van der Waals surface area contributed by atoms with Crippen LogP contribution in [0.3, 0.4) is 0 Å². The SMILES string of the molecule is Nc1nc2c(ncn2[C@H]2CC[C@@H](COP(=O)(O)O[C@H]3C[C@H](n4cnc5c(N)ncnc54)O[C@@H]3CNS(=O)(=O)O)O2)c(=O)[nH]1. The van der Waals surface area contributed by atoms with Gasteiger partial charge in [-0.15, -0.1) is 0 Å². The largest absolute Gasteiger partial charge is 0.472 e. The van der Waals surface area contributed by atoms with Crippen molar-refractivity contribution in [1.29, 1.82) is 0 Å². The molecule has 2 fully saturated rings. The summed E-state index contributed by atoms with van der Waals surface area (Å²) in [6.07, 6.45) is 0.450.